The molecule has 0 spiro atoms. The standard InChI is InChI=1S/C11H19N3O/c1-13-6-4-9(5-7-13)10-8-11(15-3)14(2)12-10/h8-9H,4-7H2,1-3H3. The first kappa shape index (κ1) is 10.5. The Bertz CT molecular complexity index is 327. The van der Waals surface area contributed by atoms with E-state index in [1.54, 1.807) is 7.11 Å². The molecule has 0 unspecified atom stereocenters. The smallest absolute Gasteiger partial charge is 0.211 e. The molecule has 1 aromatic heterocycles. The molecule has 2 heterocycles. The zero-order valence-electron chi connectivity index (χ0n) is 9.73. The number of hydrogen-bond donors (Lipinski definition) is 0. The van der Waals surface area contributed by atoms with Crippen molar-refractivity contribution < 1.29 is 4.74 Å². The molecule has 0 bridgehead atoms. The van der Waals surface area contributed by atoms with Gasteiger partial charge in [-0.15, -0.1) is 0 Å². The number of piperidine rings is 1. The van der Waals surface area contributed by atoms with Crippen LogP contribution in [-0.4, -0.2) is 41.9 Å². The number of ether oxygens (including phenoxy) is 1. The average Bonchev–Trinajstić information content (AvgIpc) is 2.61. The third-order valence-corrected chi connectivity index (χ3v) is 3.20. The molecule has 1 aliphatic heterocycles. The van der Waals surface area contributed by atoms with Crippen LogP contribution in [0.15, 0.2) is 6.07 Å². The predicted molar refractivity (Wildman–Crippen MR) is 59.2 cm³/mol. The summed E-state index contributed by atoms with van der Waals surface area (Å²) >= 11 is 0. The second-order valence-electron chi connectivity index (χ2n) is 4.31. The van der Waals surface area contributed by atoms with Crippen LogP contribution in [0.3, 0.4) is 0 Å². The largest absolute Gasteiger partial charge is 0.481 e. The maximum Gasteiger partial charge on any atom is 0.211 e. The van der Waals surface area contributed by atoms with Gasteiger partial charge in [-0.1, -0.05) is 0 Å². The SMILES string of the molecule is COc1cc(C2CCN(C)CC2)nn1C. The number of aryl methyl sites for hydroxylation is 1. The van der Waals surface area contributed by atoms with Gasteiger partial charge in [0.25, 0.3) is 0 Å². The van der Waals surface area contributed by atoms with Crippen molar-refractivity contribution in [2.24, 2.45) is 7.05 Å². The number of rotatable bonds is 2. The minimum absolute atomic E-state index is 0.608. The fraction of sp³-hybridized carbons (Fsp3) is 0.727. The molecule has 0 N–H and O–H groups in total. The van der Waals surface area contributed by atoms with Crippen molar-refractivity contribution in [3.63, 3.8) is 0 Å². The van der Waals surface area contributed by atoms with E-state index >= 15 is 0 Å². The van der Waals surface area contributed by atoms with Crippen molar-refractivity contribution in [3.05, 3.63) is 11.8 Å². The summed E-state index contributed by atoms with van der Waals surface area (Å²) < 4.78 is 7.04. The Kier molecular flexibility index (Phi) is 2.95. The molecule has 1 saturated heterocycles. The summed E-state index contributed by atoms with van der Waals surface area (Å²) in [6.07, 6.45) is 2.41. The third kappa shape index (κ3) is 2.15. The molecule has 1 aliphatic rings. The first-order valence-electron chi connectivity index (χ1n) is 5.47. The van der Waals surface area contributed by atoms with Crippen molar-refractivity contribution in [2.75, 3.05) is 27.2 Å². The van der Waals surface area contributed by atoms with Crippen LogP contribution in [0, 0.1) is 0 Å². The fourth-order valence-corrected chi connectivity index (χ4v) is 2.17. The lowest BCUT2D eigenvalue weighted by Crippen LogP contribution is -2.29. The highest BCUT2D eigenvalue weighted by atomic mass is 16.5. The highest BCUT2D eigenvalue weighted by Crippen LogP contribution is 2.28. The summed E-state index contributed by atoms with van der Waals surface area (Å²) in [5.41, 5.74) is 1.18. The Morgan fingerprint density at radius 1 is 1.33 bits per heavy atom. The van der Waals surface area contributed by atoms with Gasteiger partial charge in [0.15, 0.2) is 0 Å². The molecule has 84 valence electrons. The van der Waals surface area contributed by atoms with Gasteiger partial charge in [0.1, 0.15) is 0 Å². The fourth-order valence-electron chi connectivity index (χ4n) is 2.17. The molecular formula is C11H19N3O. The number of hydrogen-bond acceptors (Lipinski definition) is 3. The molecule has 1 aromatic rings. The zero-order valence-corrected chi connectivity index (χ0v) is 9.73. The highest BCUT2D eigenvalue weighted by molar-refractivity contribution is 5.19. The summed E-state index contributed by atoms with van der Waals surface area (Å²) in [7, 11) is 5.79. The van der Waals surface area contributed by atoms with Crippen LogP contribution in [0.2, 0.25) is 0 Å². The molecule has 0 aliphatic carbocycles. The number of likely N-dealkylation sites (tertiary alicyclic amines) is 1. The Hall–Kier alpha value is -1.03. The Labute approximate surface area is 90.8 Å². The molecule has 2 rings (SSSR count). The molecule has 0 aromatic carbocycles. The van der Waals surface area contributed by atoms with Gasteiger partial charge in [-0.3, -0.25) is 0 Å². The average molecular weight is 209 g/mol. The molecule has 1 fully saturated rings. The van der Waals surface area contributed by atoms with Gasteiger partial charge in [0, 0.05) is 19.0 Å². The van der Waals surface area contributed by atoms with Crippen LogP contribution in [-0.2, 0) is 7.05 Å². The van der Waals surface area contributed by atoms with E-state index in [1.165, 1.54) is 31.6 Å². The van der Waals surface area contributed by atoms with E-state index in [1.807, 2.05) is 11.7 Å². The molecule has 0 radical (unpaired) electrons. The molecule has 15 heavy (non-hydrogen) atoms. The van der Waals surface area contributed by atoms with Crippen molar-refractivity contribution in [1.82, 2.24) is 14.7 Å². The van der Waals surface area contributed by atoms with Gasteiger partial charge in [-0.25, -0.2) is 4.68 Å². The van der Waals surface area contributed by atoms with Crippen LogP contribution < -0.4 is 4.74 Å². The van der Waals surface area contributed by atoms with Crippen LogP contribution in [0.25, 0.3) is 0 Å². The van der Waals surface area contributed by atoms with E-state index in [-0.39, 0.29) is 0 Å². The summed E-state index contributed by atoms with van der Waals surface area (Å²) in [5, 5.41) is 4.50. The molecule has 0 atom stereocenters. The third-order valence-electron chi connectivity index (χ3n) is 3.20. The highest BCUT2D eigenvalue weighted by Gasteiger charge is 2.21. The first-order chi connectivity index (χ1) is 7.20. The number of nitrogens with zero attached hydrogens (tertiary/aromatic N) is 3. The Morgan fingerprint density at radius 3 is 2.53 bits per heavy atom. The van der Waals surface area contributed by atoms with E-state index in [0.717, 1.165) is 5.88 Å². The Balaban J connectivity index is 2.09. The minimum Gasteiger partial charge on any atom is -0.481 e. The van der Waals surface area contributed by atoms with Gasteiger partial charge in [-0.05, 0) is 33.0 Å². The predicted octanol–water partition coefficient (Wildman–Crippen LogP) is 1.24. The lowest BCUT2D eigenvalue weighted by atomic mass is 9.94. The van der Waals surface area contributed by atoms with Gasteiger partial charge < -0.3 is 9.64 Å². The van der Waals surface area contributed by atoms with Crippen LogP contribution >= 0.6 is 0 Å². The summed E-state index contributed by atoms with van der Waals surface area (Å²) in [6.45, 7) is 2.34. The van der Waals surface area contributed by atoms with E-state index in [0.29, 0.717) is 5.92 Å². The summed E-state index contributed by atoms with van der Waals surface area (Å²) in [4.78, 5) is 2.37. The van der Waals surface area contributed by atoms with E-state index in [9.17, 15) is 0 Å². The maximum atomic E-state index is 5.23. The summed E-state index contributed by atoms with van der Waals surface area (Å²) in [6, 6.07) is 2.07. The monoisotopic (exact) mass is 209 g/mol. The lowest BCUT2D eigenvalue weighted by molar-refractivity contribution is 0.253. The second-order valence-corrected chi connectivity index (χ2v) is 4.31. The molecule has 4 heteroatoms. The maximum absolute atomic E-state index is 5.23. The van der Waals surface area contributed by atoms with Gasteiger partial charge in [0.05, 0.1) is 12.8 Å². The van der Waals surface area contributed by atoms with E-state index in [4.69, 9.17) is 4.74 Å². The van der Waals surface area contributed by atoms with Gasteiger partial charge in [-0.2, -0.15) is 5.10 Å². The number of methoxy groups -OCH3 is 1. The van der Waals surface area contributed by atoms with Crippen molar-refractivity contribution in [1.29, 1.82) is 0 Å². The van der Waals surface area contributed by atoms with Gasteiger partial charge in [0.2, 0.25) is 5.88 Å². The van der Waals surface area contributed by atoms with E-state index < -0.39 is 0 Å². The Morgan fingerprint density at radius 2 is 2.00 bits per heavy atom. The topological polar surface area (TPSA) is 30.3 Å². The van der Waals surface area contributed by atoms with Gasteiger partial charge >= 0.3 is 0 Å². The molecule has 4 nitrogen and oxygen atoms in total. The van der Waals surface area contributed by atoms with Crippen molar-refractivity contribution >= 4 is 0 Å². The van der Waals surface area contributed by atoms with Crippen molar-refractivity contribution in [2.45, 2.75) is 18.8 Å². The molecule has 0 saturated carbocycles. The number of aromatic nitrogens is 2. The van der Waals surface area contributed by atoms with E-state index in [2.05, 4.69) is 23.1 Å². The summed E-state index contributed by atoms with van der Waals surface area (Å²) in [5.74, 6) is 1.46. The minimum atomic E-state index is 0.608. The first-order valence-corrected chi connectivity index (χ1v) is 5.47. The quantitative estimate of drug-likeness (QED) is 0.734. The lowest BCUT2D eigenvalue weighted by Gasteiger charge is -2.27. The molecule has 0 amide bonds. The molecular weight excluding hydrogens is 190 g/mol. The normalized spacial score (nSPS) is 19.4. The van der Waals surface area contributed by atoms with Crippen LogP contribution in [0.1, 0.15) is 24.5 Å². The van der Waals surface area contributed by atoms with Crippen LogP contribution in [0.4, 0.5) is 0 Å². The van der Waals surface area contributed by atoms with Crippen molar-refractivity contribution in [3.8, 4) is 5.88 Å². The second kappa shape index (κ2) is 4.23. The zero-order chi connectivity index (χ0) is 10.8. The van der Waals surface area contributed by atoms with Crippen LogP contribution in [0.5, 0.6) is 5.88 Å².